The van der Waals surface area contributed by atoms with E-state index in [1.807, 2.05) is 51.1 Å². The van der Waals surface area contributed by atoms with Crippen molar-refractivity contribution < 1.29 is 9.53 Å². The lowest BCUT2D eigenvalue weighted by molar-refractivity contribution is 0.258. The van der Waals surface area contributed by atoms with Crippen LogP contribution in [0.3, 0.4) is 0 Å². The quantitative estimate of drug-likeness (QED) is 0.552. The summed E-state index contributed by atoms with van der Waals surface area (Å²) in [6.07, 6.45) is 7.89. The number of hydrogen-bond acceptors (Lipinski definition) is 4. The maximum Gasteiger partial charge on any atom is 0.331 e. The van der Waals surface area contributed by atoms with Gasteiger partial charge in [-0.05, 0) is 56.2 Å². The van der Waals surface area contributed by atoms with E-state index in [-0.39, 0.29) is 11.9 Å². The standard InChI is InChI=1S/C23H21N3O2S/c1-12-6-5-7-18(12)28-16-10-13(2)21(14(3)11-16)26-17-8-9-24-22-19(17)20(15(4)29-22)25-23(26)27/h5-12H,1-4H3,(H,25,27). The molecule has 29 heavy (non-hydrogen) atoms. The van der Waals surface area contributed by atoms with E-state index in [4.69, 9.17) is 4.74 Å². The largest absolute Gasteiger partial charge is 0.461 e. The summed E-state index contributed by atoms with van der Waals surface area (Å²) in [5.74, 6) is 1.99. The van der Waals surface area contributed by atoms with E-state index in [0.717, 1.165) is 54.8 Å². The summed E-state index contributed by atoms with van der Waals surface area (Å²) in [6.45, 7) is 8.15. The Morgan fingerprint density at radius 2 is 1.97 bits per heavy atom. The van der Waals surface area contributed by atoms with E-state index in [0.29, 0.717) is 0 Å². The first kappa shape index (κ1) is 17.9. The number of nitrogens with one attached hydrogen (secondary N) is 1. The lowest BCUT2D eigenvalue weighted by atomic mass is 10.0. The molecule has 0 fully saturated rings. The Morgan fingerprint density at radius 1 is 1.21 bits per heavy atom. The van der Waals surface area contributed by atoms with Gasteiger partial charge in [0.05, 0.1) is 22.4 Å². The summed E-state index contributed by atoms with van der Waals surface area (Å²) in [5, 5.41) is 4.07. The number of amides is 2. The predicted molar refractivity (Wildman–Crippen MR) is 118 cm³/mol. The highest BCUT2D eigenvalue weighted by Crippen LogP contribution is 2.47. The van der Waals surface area contributed by atoms with Gasteiger partial charge < -0.3 is 10.1 Å². The number of ether oxygens (including phenoxy) is 1. The third-order valence-corrected chi connectivity index (χ3v) is 6.47. The van der Waals surface area contributed by atoms with Crippen LogP contribution in [0.15, 0.2) is 48.4 Å². The van der Waals surface area contributed by atoms with Crippen LogP contribution in [0.5, 0.6) is 5.75 Å². The number of rotatable bonds is 3. The molecule has 2 aromatic heterocycles. The van der Waals surface area contributed by atoms with Gasteiger partial charge in [-0.2, -0.15) is 0 Å². The van der Waals surface area contributed by atoms with Crippen LogP contribution in [0.1, 0.15) is 22.9 Å². The number of urea groups is 1. The zero-order valence-corrected chi connectivity index (χ0v) is 17.6. The number of allylic oxidation sites excluding steroid dienone is 3. The fourth-order valence-corrected chi connectivity index (χ4v) is 5.07. The van der Waals surface area contributed by atoms with Crippen molar-refractivity contribution in [3.63, 3.8) is 0 Å². The van der Waals surface area contributed by atoms with Crippen LogP contribution in [-0.4, -0.2) is 11.0 Å². The van der Waals surface area contributed by atoms with E-state index in [1.54, 1.807) is 22.4 Å². The topological polar surface area (TPSA) is 54.5 Å². The number of pyridine rings is 1. The van der Waals surface area contributed by atoms with Crippen molar-refractivity contribution in [3.05, 3.63) is 64.4 Å². The van der Waals surface area contributed by atoms with Crippen molar-refractivity contribution in [1.29, 1.82) is 0 Å². The number of aromatic nitrogens is 1. The van der Waals surface area contributed by atoms with Gasteiger partial charge in [0.25, 0.3) is 0 Å². The normalized spacial score (nSPS) is 17.7. The fourth-order valence-electron chi connectivity index (χ4n) is 4.10. The fraction of sp³-hybridized carbons (Fsp3) is 0.217. The lowest BCUT2D eigenvalue weighted by Crippen LogP contribution is -2.34. The molecular formula is C23H21N3O2S. The van der Waals surface area contributed by atoms with Crippen molar-refractivity contribution in [1.82, 2.24) is 4.98 Å². The Morgan fingerprint density at radius 3 is 2.66 bits per heavy atom. The third kappa shape index (κ3) is 2.75. The summed E-state index contributed by atoms with van der Waals surface area (Å²) in [7, 11) is 0. The number of aryl methyl sites for hydroxylation is 3. The molecule has 2 aliphatic rings. The minimum Gasteiger partial charge on any atom is -0.461 e. The second kappa shape index (κ2) is 6.46. The maximum absolute atomic E-state index is 13.1. The molecule has 0 saturated heterocycles. The van der Waals surface area contributed by atoms with Crippen LogP contribution >= 0.6 is 11.3 Å². The molecule has 3 heterocycles. The Kier molecular flexibility index (Phi) is 3.99. The number of nitrogens with zero attached hydrogens (tertiary/aromatic N) is 2. The molecule has 0 spiro atoms. The van der Waals surface area contributed by atoms with Gasteiger partial charge in [-0.25, -0.2) is 9.78 Å². The molecule has 5 rings (SSSR count). The number of anilines is 3. The van der Waals surface area contributed by atoms with E-state index >= 15 is 0 Å². The van der Waals surface area contributed by atoms with Crippen molar-refractivity contribution in [2.24, 2.45) is 5.92 Å². The smallest absolute Gasteiger partial charge is 0.331 e. The van der Waals surface area contributed by atoms with Gasteiger partial charge in [0, 0.05) is 17.0 Å². The Bertz CT molecular complexity index is 1220. The molecule has 0 radical (unpaired) electrons. The first-order valence-corrected chi connectivity index (χ1v) is 10.4. The first-order valence-electron chi connectivity index (χ1n) is 9.60. The molecule has 1 unspecified atom stereocenters. The molecule has 146 valence electrons. The number of hydrogen-bond donors (Lipinski definition) is 1. The first-order chi connectivity index (χ1) is 13.9. The van der Waals surface area contributed by atoms with Gasteiger partial charge in [-0.3, -0.25) is 4.90 Å². The molecule has 0 bridgehead atoms. The van der Waals surface area contributed by atoms with Crippen LogP contribution in [0.2, 0.25) is 0 Å². The Balaban J connectivity index is 1.61. The van der Waals surface area contributed by atoms with E-state index in [1.165, 1.54) is 0 Å². The summed E-state index contributed by atoms with van der Waals surface area (Å²) in [5.41, 5.74) is 4.58. The van der Waals surface area contributed by atoms with Gasteiger partial charge in [0.1, 0.15) is 16.3 Å². The molecule has 3 aromatic rings. The molecule has 5 nitrogen and oxygen atoms in total. The molecule has 2 amide bonds. The summed E-state index contributed by atoms with van der Waals surface area (Å²) >= 11 is 1.60. The molecular weight excluding hydrogens is 382 g/mol. The van der Waals surface area contributed by atoms with Crippen LogP contribution in [-0.2, 0) is 0 Å². The van der Waals surface area contributed by atoms with Crippen molar-refractivity contribution in [3.8, 4) is 5.75 Å². The monoisotopic (exact) mass is 403 g/mol. The van der Waals surface area contributed by atoms with Crippen molar-refractivity contribution in [2.45, 2.75) is 27.7 Å². The number of thiophene rings is 1. The van der Waals surface area contributed by atoms with Gasteiger partial charge in [0.2, 0.25) is 0 Å². The molecule has 1 atom stereocenters. The second-order valence-electron chi connectivity index (χ2n) is 7.56. The average Bonchev–Trinajstić information content (AvgIpc) is 3.21. The van der Waals surface area contributed by atoms with Crippen LogP contribution in [0.25, 0.3) is 10.2 Å². The zero-order valence-electron chi connectivity index (χ0n) is 16.7. The SMILES string of the molecule is Cc1cc(OC2=CC=CC2C)cc(C)c1N1C(=O)Nc2c(C)sc3nccc1c23. The van der Waals surface area contributed by atoms with Crippen molar-refractivity contribution >= 4 is 44.6 Å². The molecule has 1 N–H and O–H groups in total. The molecule has 1 aliphatic carbocycles. The molecule has 1 aromatic carbocycles. The minimum atomic E-state index is -0.150. The van der Waals surface area contributed by atoms with Gasteiger partial charge in [-0.15, -0.1) is 11.3 Å². The number of carbonyl (C=O) groups excluding carboxylic acids is 1. The maximum atomic E-state index is 13.1. The molecule has 6 heteroatoms. The highest BCUT2D eigenvalue weighted by molar-refractivity contribution is 7.19. The summed E-state index contributed by atoms with van der Waals surface area (Å²) in [6, 6.07) is 5.75. The number of carbonyl (C=O) groups is 1. The minimum absolute atomic E-state index is 0.150. The van der Waals surface area contributed by atoms with Crippen molar-refractivity contribution in [2.75, 3.05) is 10.2 Å². The van der Waals surface area contributed by atoms with E-state index in [2.05, 4.69) is 23.3 Å². The number of benzene rings is 1. The van der Waals surface area contributed by atoms with E-state index in [9.17, 15) is 4.79 Å². The third-order valence-electron chi connectivity index (χ3n) is 5.45. The van der Waals surface area contributed by atoms with E-state index < -0.39 is 0 Å². The van der Waals surface area contributed by atoms with Gasteiger partial charge in [0.15, 0.2) is 0 Å². The van der Waals surface area contributed by atoms with Crippen LogP contribution in [0.4, 0.5) is 21.9 Å². The van der Waals surface area contributed by atoms with Crippen LogP contribution in [0, 0.1) is 26.7 Å². The molecule has 1 aliphatic heterocycles. The summed E-state index contributed by atoms with van der Waals surface area (Å²) < 4.78 is 6.11. The lowest BCUT2D eigenvalue weighted by Gasteiger charge is -2.31. The highest BCUT2D eigenvalue weighted by atomic mass is 32.1. The predicted octanol–water partition coefficient (Wildman–Crippen LogP) is 6.37. The molecule has 0 saturated carbocycles. The summed E-state index contributed by atoms with van der Waals surface area (Å²) in [4.78, 5) is 21.4. The average molecular weight is 404 g/mol. The van der Waals surface area contributed by atoms with Gasteiger partial charge >= 0.3 is 6.03 Å². The van der Waals surface area contributed by atoms with Gasteiger partial charge in [-0.1, -0.05) is 19.1 Å². The zero-order chi connectivity index (χ0) is 20.3. The second-order valence-corrected chi connectivity index (χ2v) is 8.76. The Labute approximate surface area is 173 Å². The highest BCUT2D eigenvalue weighted by Gasteiger charge is 2.31. The Hall–Kier alpha value is -3.12. The van der Waals surface area contributed by atoms with Crippen LogP contribution < -0.4 is 15.0 Å².